The molecule has 0 spiro atoms. The number of nitrogens with one attached hydrogen (secondary N) is 2. The second-order valence-electron chi connectivity index (χ2n) is 5.62. The minimum absolute atomic E-state index is 0.121. The molecule has 1 amide bonds. The number of carbonyl (C=O) groups is 1. The molecule has 3 aromatic rings. The number of phenolic OH excluding ortho intramolecular Hbond substituents is 1. The van der Waals surface area contributed by atoms with Gasteiger partial charge >= 0.3 is 0 Å². The van der Waals surface area contributed by atoms with Crippen LogP contribution in [0, 0.1) is 0 Å². The largest absolute Gasteiger partial charge is 0.508 e. The number of aromatic hydroxyl groups is 1. The molecule has 0 saturated heterocycles. The van der Waals surface area contributed by atoms with Crippen LogP contribution < -0.4 is 10.7 Å². The standard InChI is InChI=1S/C19H17N3O2.C2H6O/c23-18-7-3-4-14(10-18)12-21-22-19(24)13-20-17-9-8-15-5-1-2-6-16(15)11-17;1-2-3/h1-12,20,23H,13H2,(H,22,24);3H,2H2,1H3/b21-12+;. The third-order valence-electron chi connectivity index (χ3n) is 3.48. The first-order valence-corrected chi connectivity index (χ1v) is 8.57. The number of benzene rings is 3. The number of hydrogen-bond donors (Lipinski definition) is 4. The van der Waals surface area contributed by atoms with Crippen LogP contribution >= 0.6 is 0 Å². The molecule has 0 radical (unpaired) electrons. The second kappa shape index (κ2) is 10.6. The molecular weight excluding hydrogens is 342 g/mol. The Morgan fingerprint density at radius 3 is 2.52 bits per heavy atom. The van der Waals surface area contributed by atoms with Crippen molar-refractivity contribution < 1.29 is 15.0 Å². The molecule has 3 rings (SSSR count). The van der Waals surface area contributed by atoms with Gasteiger partial charge in [0.2, 0.25) is 0 Å². The van der Waals surface area contributed by atoms with Crippen molar-refractivity contribution in [3.05, 3.63) is 72.3 Å². The highest BCUT2D eigenvalue weighted by molar-refractivity contribution is 5.87. The number of rotatable bonds is 5. The average Bonchev–Trinajstić information content (AvgIpc) is 2.67. The fourth-order valence-electron chi connectivity index (χ4n) is 2.31. The Hall–Kier alpha value is -3.38. The average molecular weight is 365 g/mol. The highest BCUT2D eigenvalue weighted by atomic mass is 16.3. The van der Waals surface area contributed by atoms with E-state index in [1.165, 1.54) is 6.21 Å². The molecule has 0 heterocycles. The number of anilines is 1. The van der Waals surface area contributed by atoms with Crippen LogP contribution in [0.15, 0.2) is 71.8 Å². The van der Waals surface area contributed by atoms with Crippen molar-refractivity contribution in [3.8, 4) is 5.75 Å². The molecule has 27 heavy (non-hydrogen) atoms. The van der Waals surface area contributed by atoms with Gasteiger partial charge in [-0.1, -0.05) is 42.5 Å². The van der Waals surface area contributed by atoms with Gasteiger partial charge in [0.05, 0.1) is 12.8 Å². The number of amides is 1. The lowest BCUT2D eigenvalue weighted by Gasteiger charge is -2.06. The van der Waals surface area contributed by atoms with E-state index in [0.29, 0.717) is 5.56 Å². The summed E-state index contributed by atoms with van der Waals surface area (Å²) in [5.74, 6) is -0.0946. The lowest BCUT2D eigenvalue weighted by atomic mass is 10.1. The summed E-state index contributed by atoms with van der Waals surface area (Å²) >= 11 is 0. The Morgan fingerprint density at radius 2 is 1.78 bits per heavy atom. The molecule has 0 aliphatic carbocycles. The topological polar surface area (TPSA) is 94.0 Å². The fraction of sp³-hybridized carbons (Fsp3) is 0.143. The van der Waals surface area contributed by atoms with E-state index in [0.717, 1.165) is 16.5 Å². The van der Waals surface area contributed by atoms with E-state index in [9.17, 15) is 9.90 Å². The van der Waals surface area contributed by atoms with Gasteiger partial charge in [-0.2, -0.15) is 5.10 Å². The van der Waals surface area contributed by atoms with Crippen molar-refractivity contribution in [1.82, 2.24) is 5.43 Å². The normalized spacial score (nSPS) is 10.3. The van der Waals surface area contributed by atoms with Crippen molar-refractivity contribution >= 4 is 28.6 Å². The zero-order valence-electron chi connectivity index (χ0n) is 15.1. The first kappa shape index (κ1) is 19.9. The summed E-state index contributed by atoms with van der Waals surface area (Å²) in [4.78, 5) is 11.8. The van der Waals surface area contributed by atoms with E-state index in [2.05, 4.69) is 15.8 Å². The summed E-state index contributed by atoms with van der Waals surface area (Å²) in [6.07, 6.45) is 1.48. The van der Waals surface area contributed by atoms with Crippen LogP contribution in [0.3, 0.4) is 0 Å². The number of hydrazone groups is 1. The van der Waals surface area contributed by atoms with Crippen LogP contribution in [0.5, 0.6) is 5.75 Å². The summed E-state index contributed by atoms with van der Waals surface area (Å²) in [6.45, 7) is 2.05. The molecule has 0 bridgehead atoms. The second-order valence-corrected chi connectivity index (χ2v) is 5.62. The minimum atomic E-state index is -0.250. The third kappa shape index (κ3) is 6.80. The van der Waals surface area contributed by atoms with E-state index in [1.54, 1.807) is 31.2 Å². The molecule has 140 valence electrons. The van der Waals surface area contributed by atoms with Gasteiger partial charge in [0, 0.05) is 12.3 Å². The molecule has 6 nitrogen and oxygen atoms in total. The van der Waals surface area contributed by atoms with E-state index in [-0.39, 0.29) is 24.8 Å². The maximum absolute atomic E-state index is 11.8. The van der Waals surface area contributed by atoms with Gasteiger partial charge in [-0.25, -0.2) is 5.43 Å². The van der Waals surface area contributed by atoms with Gasteiger partial charge < -0.3 is 15.5 Å². The van der Waals surface area contributed by atoms with E-state index in [4.69, 9.17) is 5.11 Å². The summed E-state index contributed by atoms with van der Waals surface area (Å²) in [7, 11) is 0. The Balaban J connectivity index is 0.000000817. The molecular formula is C21H23N3O3. The summed E-state index contributed by atoms with van der Waals surface area (Å²) in [6, 6.07) is 20.6. The smallest absolute Gasteiger partial charge is 0.259 e. The molecule has 0 aromatic heterocycles. The van der Waals surface area contributed by atoms with Crippen LogP contribution in [0.25, 0.3) is 10.8 Å². The van der Waals surface area contributed by atoms with Crippen LogP contribution in [-0.2, 0) is 4.79 Å². The molecule has 4 N–H and O–H groups in total. The van der Waals surface area contributed by atoms with Crippen molar-refractivity contribution in [1.29, 1.82) is 0 Å². The fourth-order valence-corrected chi connectivity index (χ4v) is 2.31. The third-order valence-corrected chi connectivity index (χ3v) is 3.48. The predicted molar refractivity (Wildman–Crippen MR) is 109 cm³/mol. The number of aliphatic hydroxyl groups excluding tert-OH is 1. The number of fused-ring (bicyclic) bond motifs is 1. The first-order valence-electron chi connectivity index (χ1n) is 8.57. The van der Waals surface area contributed by atoms with Crippen molar-refractivity contribution in [3.63, 3.8) is 0 Å². The summed E-state index contributed by atoms with van der Waals surface area (Å²) < 4.78 is 0. The van der Waals surface area contributed by atoms with E-state index >= 15 is 0 Å². The van der Waals surface area contributed by atoms with Crippen LogP contribution in [0.4, 0.5) is 5.69 Å². The Bertz CT molecular complexity index is 910. The van der Waals surface area contributed by atoms with Crippen LogP contribution in [0.1, 0.15) is 12.5 Å². The van der Waals surface area contributed by atoms with Crippen molar-refractivity contribution in [2.45, 2.75) is 6.92 Å². The van der Waals surface area contributed by atoms with Gasteiger partial charge in [-0.15, -0.1) is 0 Å². The monoisotopic (exact) mass is 365 g/mol. The van der Waals surface area contributed by atoms with Gasteiger partial charge in [0.25, 0.3) is 5.91 Å². The maximum Gasteiger partial charge on any atom is 0.259 e. The Labute approximate surface area is 158 Å². The van der Waals surface area contributed by atoms with Gasteiger partial charge in [-0.3, -0.25) is 4.79 Å². The minimum Gasteiger partial charge on any atom is -0.508 e. The SMILES string of the molecule is CCO.O=C(CNc1ccc2ccccc2c1)N/N=C/c1cccc(O)c1. The number of carbonyl (C=O) groups excluding carboxylic acids is 1. The van der Waals surface area contributed by atoms with Gasteiger partial charge in [0.15, 0.2) is 0 Å². The van der Waals surface area contributed by atoms with Crippen LogP contribution in [0.2, 0.25) is 0 Å². The number of aliphatic hydroxyl groups is 1. The van der Waals surface area contributed by atoms with Gasteiger partial charge in [0.1, 0.15) is 5.75 Å². The zero-order chi connectivity index (χ0) is 19.5. The lowest BCUT2D eigenvalue weighted by molar-refractivity contribution is -0.119. The molecule has 0 atom stereocenters. The number of hydrogen-bond acceptors (Lipinski definition) is 5. The lowest BCUT2D eigenvalue weighted by Crippen LogP contribution is -2.25. The van der Waals surface area contributed by atoms with Gasteiger partial charge in [-0.05, 0) is 47.5 Å². The van der Waals surface area contributed by atoms with Crippen molar-refractivity contribution in [2.24, 2.45) is 5.10 Å². The first-order chi connectivity index (χ1) is 13.1. The zero-order valence-corrected chi connectivity index (χ0v) is 15.1. The molecule has 6 heteroatoms. The molecule has 0 aliphatic heterocycles. The number of nitrogens with zero attached hydrogens (tertiary/aromatic N) is 1. The highest BCUT2D eigenvalue weighted by Crippen LogP contribution is 2.18. The molecule has 3 aromatic carbocycles. The van der Waals surface area contributed by atoms with Crippen LogP contribution in [-0.4, -0.2) is 35.5 Å². The predicted octanol–water partition coefficient (Wildman–Crippen LogP) is 3.11. The quantitative estimate of drug-likeness (QED) is 0.413. The number of phenols is 1. The van der Waals surface area contributed by atoms with E-state index < -0.39 is 0 Å². The maximum atomic E-state index is 11.8. The Kier molecular flexibility index (Phi) is 7.81. The molecule has 0 fully saturated rings. The molecule has 0 saturated carbocycles. The summed E-state index contributed by atoms with van der Waals surface area (Å²) in [5, 5.41) is 26.1. The molecule has 0 unspecified atom stereocenters. The highest BCUT2D eigenvalue weighted by Gasteiger charge is 2.00. The Morgan fingerprint density at radius 1 is 1.04 bits per heavy atom. The summed E-state index contributed by atoms with van der Waals surface area (Å²) in [5.41, 5.74) is 4.03. The molecule has 0 aliphatic rings. The van der Waals surface area contributed by atoms with E-state index in [1.807, 2.05) is 42.5 Å². The van der Waals surface area contributed by atoms with Crippen molar-refractivity contribution in [2.75, 3.05) is 18.5 Å².